The smallest absolute Gasteiger partial charge is 0.328 e. The number of rotatable bonds is 8. The molecule has 2 aromatic carbocycles. The Balaban J connectivity index is 1.67. The molecule has 1 atom stereocenters. The number of carbonyl (C=O) groups is 2. The SMILES string of the molecule is CCc1ccccc1OCC(=O)N[C@H](Cc1c[nH]c2ccccc12)C(=O)OC. The van der Waals surface area contributed by atoms with E-state index in [1.807, 2.05) is 61.7 Å². The van der Waals surface area contributed by atoms with Crippen LogP contribution in [0.15, 0.2) is 54.7 Å². The highest BCUT2D eigenvalue weighted by molar-refractivity contribution is 5.87. The van der Waals surface area contributed by atoms with E-state index in [4.69, 9.17) is 9.47 Å². The lowest BCUT2D eigenvalue weighted by Crippen LogP contribution is -2.44. The summed E-state index contributed by atoms with van der Waals surface area (Å²) in [6.45, 7) is 1.86. The predicted molar refractivity (Wildman–Crippen MR) is 107 cm³/mol. The number of para-hydroxylation sites is 2. The molecule has 3 aromatic rings. The maximum atomic E-state index is 12.4. The molecule has 0 fully saturated rings. The Morgan fingerprint density at radius 2 is 1.82 bits per heavy atom. The number of esters is 1. The van der Waals surface area contributed by atoms with E-state index >= 15 is 0 Å². The van der Waals surface area contributed by atoms with Gasteiger partial charge in [-0.05, 0) is 29.7 Å². The molecule has 28 heavy (non-hydrogen) atoms. The first-order valence-electron chi connectivity index (χ1n) is 9.25. The van der Waals surface area contributed by atoms with Crippen LogP contribution in [0.25, 0.3) is 10.9 Å². The Kier molecular flexibility index (Phi) is 6.32. The number of aryl methyl sites for hydroxylation is 1. The molecule has 1 amide bonds. The van der Waals surface area contributed by atoms with E-state index in [0.29, 0.717) is 12.2 Å². The molecule has 2 N–H and O–H groups in total. The molecule has 0 spiro atoms. The van der Waals surface area contributed by atoms with Gasteiger partial charge in [0.2, 0.25) is 0 Å². The maximum absolute atomic E-state index is 12.4. The maximum Gasteiger partial charge on any atom is 0.328 e. The molecule has 0 radical (unpaired) electrons. The van der Waals surface area contributed by atoms with Gasteiger partial charge in [-0.25, -0.2) is 4.79 Å². The number of H-pyrrole nitrogens is 1. The van der Waals surface area contributed by atoms with Crippen LogP contribution in [0, 0.1) is 0 Å². The first-order chi connectivity index (χ1) is 13.6. The van der Waals surface area contributed by atoms with Gasteiger partial charge in [0.1, 0.15) is 11.8 Å². The van der Waals surface area contributed by atoms with E-state index in [0.717, 1.165) is 28.5 Å². The second-order valence-electron chi connectivity index (χ2n) is 6.46. The topological polar surface area (TPSA) is 80.4 Å². The predicted octanol–water partition coefficient (Wildman–Crippen LogP) is 3.01. The lowest BCUT2D eigenvalue weighted by Gasteiger charge is -2.17. The number of hydrogen-bond acceptors (Lipinski definition) is 4. The first-order valence-corrected chi connectivity index (χ1v) is 9.25. The molecule has 6 heteroatoms. The van der Waals surface area contributed by atoms with E-state index in [2.05, 4.69) is 10.3 Å². The average Bonchev–Trinajstić information content (AvgIpc) is 3.14. The Bertz CT molecular complexity index is 964. The minimum Gasteiger partial charge on any atom is -0.483 e. The first kappa shape index (κ1) is 19.5. The van der Waals surface area contributed by atoms with E-state index in [1.165, 1.54) is 7.11 Å². The van der Waals surface area contributed by atoms with E-state index in [-0.39, 0.29) is 12.5 Å². The number of aromatic nitrogens is 1. The Labute approximate surface area is 163 Å². The number of fused-ring (bicyclic) bond motifs is 1. The van der Waals surface area contributed by atoms with Crippen molar-refractivity contribution in [3.63, 3.8) is 0 Å². The monoisotopic (exact) mass is 380 g/mol. The molecule has 0 unspecified atom stereocenters. The molecule has 0 saturated carbocycles. The summed E-state index contributed by atoms with van der Waals surface area (Å²) in [4.78, 5) is 27.8. The van der Waals surface area contributed by atoms with Crippen LogP contribution in [0.5, 0.6) is 5.75 Å². The van der Waals surface area contributed by atoms with Gasteiger partial charge in [0.15, 0.2) is 6.61 Å². The second kappa shape index (κ2) is 9.08. The zero-order valence-electron chi connectivity index (χ0n) is 16.0. The third kappa shape index (κ3) is 4.52. The summed E-state index contributed by atoms with van der Waals surface area (Å²) in [5.74, 6) is -0.194. The standard InChI is InChI=1S/C22H24N2O4/c1-3-15-8-4-7-11-20(15)28-14-21(25)24-19(22(26)27-2)12-16-13-23-18-10-6-5-9-17(16)18/h4-11,13,19,23H,3,12,14H2,1-2H3,(H,24,25)/t19-/m1/s1. The Morgan fingerprint density at radius 3 is 2.61 bits per heavy atom. The van der Waals surface area contributed by atoms with Crippen LogP contribution in [0.4, 0.5) is 0 Å². The third-order valence-corrected chi connectivity index (χ3v) is 4.63. The summed E-state index contributed by atoms with van der Waals surface area (Å²) in [5, 5.41) is 3.74. The molecule has 0 aliphatic carbocycles. The number of amides is 1. The van der Waals surface area contributed by atoms with Gasteiger partial charge in [0.25, 0.3) is 5.91 Å². The molecule has 0 aliphatic rings. The van der Waals surface area contributed by atoms with Gasteiger partial charge in [0, 0.05) is 23.5 Å². The quantitative estimate of drug-likeness (QED) is 0.589. The second-order valence-corrected chi connectivity index (χ2v) is 6.46. The number of carbonyl (C=O) groups excluding carboxylic acids is 2. The molecule has 3 rings (SSSR count). The number of aromatic amines is 1. The van der Waals surface area contributed by atoms with Gasteiger partial charge in [-0.1, -0.05) is 43.3 Å². The van der Waals surface area contributed by atoms with Gasteiger partial charge >= 0.3 is 5.97 Å². The van der Waals surface area contributed by atoms with Crippen molar-refractivity contribution < 1.29 is 19.1 Å². The van der Waals surface area contributed by atoms with Crippen LogP contribution in [-0.4, -0.2) is 36.6 Å². The fourth-order valence-corrected chi connectivity index (χ4v) is 3.17. The zero-order valence-corrected chi connectivity index (χ0v) is 16.0. The van der Waals surface area contributed by atoms with Crippen molar-refractivity contribution in [2.24, 2.45) is 0 Å². The summed E-state index contributed by atoms with van der Waals surface area (Å²) >= 11 is 0. The molecule has 1 heterocycles. The number of ether oxygens (including phenoxy) is 2. The highest BCUT2D eigenvalue weighted by atomic mass is 16.5. The zero-order chi connectivity index (χ0) is 19.9. The van der Waals surface area contributed by atoms with Crippen molar-refractivity contribution in [2.45, 2.75) is 25.8 Å². The summed E-state index contributed by atoms with van der Waals surface area (Å²) < 4.78 is 10.5. The lowest BCUT2D eigenvalue weighted by molar-refractivity contribution is -0.145. The number of benzene rings is 2. The molecular weight excluding hydrogens is 356 g/mol. The minimum atomic E-state index is -0.790. The Morgan fingerprint density at radius 1 is 1.07 bits per heavy atom. The van der Waals surface area contributed by atoms with Gasteiger partial charge in [-0.15, -0.1) is 0 Å². The minimum absolute atomic E-state index is 0.168. The normalized spacial score (nSPS) is 11.8. The number of methoxy groups -OCH3 is 1. The van der Waals surface area contributed by atoms with Crippen LogP contribution in [-0.2, 0) is 27.2 Å². The van der Waals surface area contributed by atoms with E-state index < -0.39 is 12.0 Å². The van der Waals surface area contributed by atoms with E-state index in [9.17, 15) is 9.59 Å². The molecule has 146 valence electrons. The van der Waals surface area contributed by atoms with Crippen molar-refractivity contribution in [3.8, 4) is 5.75 Å². The van der Waals surface area contributed by atoms with Gasteiger partial charge in [-0.3, -0.25) is 4.79 Å². The highest BCUT2D eigenvalue weighted by Crippen LogP contribution is 2.20. The molecule has 6 nitrogen and oxygen atoms in total. The van der Waals surface area contributed by atoms with Gasteiger partial charge < -0.3 is 19.8 Å². The largest absolute Gasteiger partial charge is 0.483 e. The van der Waals surface area contributed by atoms with Crippen LogP contribution >= 0.6 is 0 Å². The van der Waals surface area contributed by atoms with Crippen LogP contribution in [0.1, 0.15) is 18.1 Å². The number of hydrogen-bond donors (Lipinski definition) is 2. The molecule has 1 aromatic heterocycles. The fraction of sp³-hybridized carbons (Fsp3) is 0.273. The molecule has 0 bridgehead atoms. The van der Waals surface area contributed by atoms with Crippen molar-refractivity contribution in [2.75, 3.05) is 13.7 Å². The fourth-order valence-electron chi connectivity index (χ4n) is 3.17. The van der Waals surface area contributed by atoms with E-state index in [1.54, 1.807) is 0 Å². The molecular formula is C22H24N2O4. The molecule has 0 saturated heterocycles. The van der Waals surface area contributed by atoms with Crippen molar-refractivity contribution in [1.82, 2.24) is 10.3 Å². The Hall–Kier alpha value is -3.28. The summed E-state index contributed by atoms with van der Waals surface area (Å²) in [5.41, 5.74) is 2.94. The van der Waals surface area contributed by atoms with Crippen LogP contribution in [0.2, 0.25) is 0 Å². The number of nitrogens with one attached hydrogen (secondary N) is 2. The average molecular weight is 380 g/mol. The third-order valence-electron chi connectivity index (χ3n) is 4.63. The summed E-state index contributed by atoms with van der Waals surface area (Å²) in [6, 6.07) is 14.6. The van der Waals surface area contributed by atoms with Crippen LogP contribution in [0.3, 0.4) is 0 Å². The highest BCUT2D eigenvalue weighted by Gasteiger charge is 2.23. The van der Waals surface area contributed by atoms with Crippen molar-refractivity contribution in [1.29, 1.82) is 0 Å². The summed E-state index contributed by atoms with van der Waals surface area (Å²) in [6.07, 6.45) is 2.98. The van der Waals surface area contributed by atoms with Crippen molar-refractivity contribution in [3.05, 3.63) is 65.9 Å². The van der Waals surface area contributed by atoms with Gasteiger partial charge in [-0.2, -0.15) is 0 Å². The van der Waals surface area contributed by atoms with Crippen molar-refractivity contribution >= 4 is 22.8 Å². The molecule has 0 aliphatic heterocycles. The lowest BCUT2D eigenvalue weighted by atomic mass is 10.0. The summed E-state index contributed by atoms with van der Waals surface area (Å²) in [7, 11) is 1.31. The van der Waals surface area contributed by atoms with Crippen LogP contribution < -0.4 is 10.1 Å². The van der Waals surface area contributed by atoms with Gasteiger partial charge in [0.05, 0.1) is 7.11 Å².